The average molecular weight is 601 g/mol. The minimum atomic E-state index is -1.16. The van der Waals surface area contributed by atoms with E-state index in [0.717, 1.165) is 48.4 Å². The third-order valence-corrected chi connectivity index (χ3v) is 7.42. The fourth-order valence-corrected chi connectivity index (χ4v) is 5.38. The number of phenols is 4. The number of benzene rings is 2. The monoisotopic (exact) mass is 600 g/mol. The van der Waals surface area contributed by atoms with E-state index in [0.29, 0.717) is 0 Å². The Morgan fingerprint density at radius 2 is 1.20 bits per heavy atom. The lowest BCUT2D eigenvalue weighted by Crippen LogP contribution is -2.29. The van der Waals surface area contributed by atoms with Gasteiger partial charge < -0.3 is 25.2 Å². The average Bonchev–Trinajstić information content (AvgIpc) is 2.93. The van der Waals surface area contributed by atoms with E-state index in [4.69, 9.17) is 4.74 Å². The first-order chi connectivity index (χ1) is 20.6. The van der Waals surface area contributed by atoms with Gasteiger partial charge in [0.1, 0.15) is 29.1 Å². The maximum atomic E-state index is 13.9. The second kappa shape index (κ2) is 12.2. The molecule has 0 aliphatic heterocycles. The van der Waals surface area contributed by atoms with Gasteiger partial charge in [0.05, 0.1) is 22.3 Å². The van der Waals surface area contributed by atoms with Gasteiger partial charge in [0.2, 0.25) is 0 Å². The van der Waals surface area contributed by atoms with Gasteiger partial charge in [-0.25, -0.2) is 0 Å². The Hall–Kier alpha value is -5.25. The van der Waals surface area contributed by atoms with Crippen LogP contribution in [0.5, 0.6) is 23.0 Å². The molecule has 2 aliphatic carbocycles. The summed E-state index contributed by atoms with van der Waals surface area (Å²) < 4.78 is 5.35. The molecule has 44 heavy (non-hydrogen) atoms. The molecule has 4 N–H and O–H groups in total. The summed E-state index contributed by atoms with van der Waals surface area (Å²) in [7, 11) is 0. The Morgan fingerprint density at radius 1 is 0.705 bits per heavy atom. The topological polar surface area (TPSA) is 176 Å². The summed E-state index contributed by atoms with van der Waals surface area (Å²) in [6.45, 7) is 8.32. The maximum absolute atomic E-state index is 13.9. The highest BCUT2D eigenvalue weighted by atomic mass is 16.5. The highest BCUT2D eigenvalue weighted by Crippen LogP contribution is 2.47. The summed E-state index contributed by atoms with van der Waals surface area (Å²) in [5.41, 5.74) is -0.631. The van der Waals surface area contributed by atoms with Crippen LogP contribution >= 0.6 is 0 Å². The Balaban J connectivity index is 1.92. The van der Waals surface area contributed by atoms with E-state index >= 15 is 0 Å². The van der Waals surface area contributed by atoms with Crippen molar-refractivity contribution in [2.75, 3.05) is 0 Å². The smallest absolute Gasteiger partial charge is 0.303 e. The molecule has 2 aliphatic rings. The van der Waals surface area contributed by atoms with E-state index in [2.05, 4.69) is 0 Å². The predicted molar refractivity (Wildman–Crippen MR) is 159 cm³/mol. The molecule has 2 aromatic carbocycles. The molecule has 0 heterocycles. The number of hydrogen-bond donors (Lipinski definition) is 4. The van der Waals surface area contributed by atoms with Crippen molar-refractivity contribution >= 4 is 29.1 Å². The number of ether oxygens (including phenoxy) is 1. The van der Waals surface area contributed by atoms with E-state index in [1.165, 1.54) is 0 Å². The van der Waals surface area contributed by atoms with Gasteiger partial charge in [-0.1, -0.05) is 23.3 Å². The van der Waals surface area contributed by atoms with Crippen molar-refractivity contribution in [3.63, 3.8) is 0 Å². The van der Waals surface area contributed by atoms with Crippen molar-refractivity contribution in [3.05, 3.63) is 92.6 Å². The fourth-order valence-electron chi connectivity index (χ4n) is 5.38. The molecule has 10 nitrogen and oxygen atoms in total. The van der Waals surface area contributed by atoms with E-state index < -0.39 is 80.8 Å². The lowest BCUT2D eigenvalue weighted by molar-refractivity contribution is -0.144. The number of carbonyl (C=O) groups excluding carboxylic acids is 5. The van der Waals surface area contributed by atoms with Gasteiger partial charge in [-0.05, 0) is 64.5 Å². The van der Waals surface area contributed by atoms with Crippen LogP contribution in [0.3, 0.4) is 0 Å². The van der Waals surface area contributed by atoms with Gasteiger partial charge in [-0.3, -0.25) is 24.0 Å². The SMILES string of the molecule is CC(=O)O[C@@H](CC=C(C)C)C1=CC(=O)c2c(O)cc([C@H](CC=C(C)C)C3=CC(=O)c4c(O)ccc(O)c4C3=O)c(O)c2C1=O. The van der Waals surface area contributed by atoms with Crippen LogP contribution in [0.2, 0.25) is 0 Å². The van der Waals surface area contributed by atoms with Gasteiger partial charge in [0.25, 0.3) is 0 Å². The molecule has 0 fully saturated rings. The van der Waals surface area contributed by atoms with Gasteiger partial charge in [0, 0.05) is 36.0 Å². The Morgan fingerprint density at radius 3 is 1.77 bits per heavy atom. The van der Waals surface area contributed by atoms with E-state index in [-0.39, 0.29) is 35.1 Å². The number of fused-ring (bicyclic) bond motifs is 2. The number of hydrogen-bond acceptors (Lipinski definition) is 10. The zero-order valence-corrected chi connectivity index (χ0v) is 24.8. The van der Waals surface area contributed by atoms with Crippen LogP contribution in [-0.2, 0) is 9.53 Å². The molecule has 0 unspecified atom stereocenters. The third kappa shape index (κ3) is 5.83. The number of aromatic hydroxyl groups is 4. The molecule has 0 saturated heterocycles. The molecule has 4 rings (SSSR count). The number of Topliss-reactive ketones (excluding diaryl/α,β-unsaturated/α-hetero) is 2. The van der Waals surface area contributed by atoms with Crippen LogP contribution in [0.1, 0.15) is 100 Å². The van der Waals surface area contributed by atoms with E-state index in [1.54, 1.807) is 39.8 Å². The molecule has 0 amide bonds. The zero-order chi connectivity index (χ0) is 32.6. The molecule has 10 heteroatoms. The molecule has 0 bridgehead atoms. The summed E-state index contributed by atoms with van der Waals surface area (Å²) in [6.07, 6.45) is 4.30. The molecule has 228 valence electrons. The number of esters is 1. The van der Waals surface area contributed by atoms with Gasteiger partial charge >= 0.3 is 5.97 Å². The van der Waals surface area contributed by atoms with Crippen LogP contribution in [0.15, 0.2) is 64.8 Å². The number of allylic oxidation sites excluding steroid dienone is 6. The summed E-state index contributed by atoms with van der Waals surface area (Å²) in [5.74, 6) is -7.48. The van der Waals surface area contributed by atoms with Crippen LogP contribution in [0.25, 0.3) is 0 Å². The number of carbonyl (C=O) groups is 5. The van der Waals surface area contributed by atoms with Crippen molar-refractivity contribution in [2.45, 2.75) is 59.5 Å². The second-order valence-corrected chi connectivity index (χ2v) is 11.2. The third-order valence-electron chi connectivity index (χ3n) is 7.42. The molecule has 0 aromatic heterocycles. The molecule has 0 radical (unpaired) electrons. The zero-order valence-electron chi connectivity index (χ0n) is 24.8. The van der Waals surface area contributed by atoms with Crippen LogP contribution in [-0.4, -0.2) is 55.6 Å². The summed E-state index contributed by atoms with van der Waals surface area (Å²) in [5, 5.41) is 43.3. The van der Waals surface area contributed by atoms with Crippen LogP contribution in [0, 0.1) is 0 Å². The molecule has 2 atom stereocenters. The highest BCUT2D eigenvalue weighted by molar-refractivity contribution is 6.28. The van der Waals surface area contributed by atoms with Gasteiger partial charge in [0.15, 0.2) is 23.1 Å². The van der Waals surface area contributed by atoms with Crippen molar-refractivity contribution in [2.24, 2.45) is 0 Å². The normalized spacial score (nSPS) is 15.4. The largest absolute Gasteiger partial charge is 0.507 e. The van der Waals surface area contributed by atoms with E-state index in [1.807, 2.05) is 0 Å². The van der Waals surface area contributed by atoms with Gasteiger partial charge in [-0.15, -0.1) is 0 Å². The standard InChI is InChI=1S/C34H32O10/c1-15(2)6-8-18(19-12-24(38)28-22(36)9-10-23(37)30(28)32(19)41)20-13-25(39)29-26(40)14-21(34(43)31(29)33(20)42)27(44-17(5)35)11-7-16(3)4/h6-7,9-10,12-14,18,27,36-37,39,42H,8,11H2,1-5H3/t18-,27+/m1/s1. The van der Waals surface area contributed by atoms with Gasteiger partial charge in [-0.2, -0.15) is 0 Å². The molecular formula is C34H32O10. The molecule has 0 spiro atoms. The van der Waals surface area contributed by atoms with Crippen molar-refractivity contribution in [1.29, 1.82) is 0 Å². The minimum Gasteiger partial charge on any atom is -0.507 e. The van der Waals surface area contributed by atoms with Crippen molar-refractivity contribution in [3.8, 4) is 23.0 Å². The lowest BCUT2D eigenvalue weighted by atomic mass is 9.76. The van der Waals surface area contributed by atoms with Crippen LogP contribution in [0.4, 0.5) is 0 Å². The van der Waals surface area contributed by atoms with Crippen molar-refractivity contribution < 1.29 is 49.1 Å². The Kier molecular flexibility index (Phi) is 8.76. The first-order valence-electron chi connectivity index (χ1n) is 13.8. The van der Waals surface area contributed by atoms with E-state index in [9.17, 15) is 44.4 Å². The second-order valence-electron chi connectivity index (χ2n) is 11.2. The van der Waals surface area contributed by atoms with Crippen molar-refractivity contribution in [1.82, 2.24) is 0 Å². The number of phenolic OH excluding ortho intramolecular Hbond substituents is 4. The number of rotatable bonds is 8. The summed E-state index contributed by atoms with van der Waals surface area (Å²) >= 11 is 0. The lowest BCUT2D eigenvalue weighted by Gasteiger charge is -2.27. The Bertz CT molecular complexity index is 1760. The maximum Gasteiger partial charge on any atom is 0.303 e. The summed E-state index contributed by atoms with van der Waals surface area (Å²) in [4.78, 5) is 65.8. The Labute approximate surface area is 253 Å². The molecule has 0 saturated carbocycles. The predicted octanol–water partition coefficient (Wildman–Crippen LogP) is 5.55. The minimum absolute atomic E-state index is 0.00929. The van der Waals surface area contributed by atoms with Crippen LogP contribution < -0.4 is 0 Å². The fraction of sp³-hybridized carbons (Fsp3) is 0.265. The first-order valence-corrected chi connectivity index (χ1v) is 13.8. The highest BCUT2D eigenvalue weighted by Gasteiger charge is 2.40. The number of ketones is 4. The summed E-state index contributed by atoms with van der Waals surface area (Å²) in [6, 6.07) is 3.22. The molecule has 2 aromatic rings. The molecular weight excluding hydrogens is 568 g/mol. The quantitative estimate of drug-likeness (QED) is 0.171. The first kappa shape index (κ1) is 31.7.